The molecule has 0 saturated carbocycles. The topological polar surface area (TPSA) is 68.1 Å². The third-order valence-electron chi connectivity index (χ3n) is 2.44. The van der Waals surface area contributed by atoms with Gasteiger partial charge in [0, 0.05) is 15.4 Å². The Kier molecular flexibility index (Phi) is 3.93. The fourth-order valence-electron chi connectivity index (χ4n) is 1.48. The van der Waals surface area contributed by atoms with Gasteiger partial charge < -0.3 is 5.32 Å². The van der Waals surface area contributed by atoms with Crippen LogP contribution in [0.1, 0.15) is 10.6 Å². The molecule has 0 atom stereocenters. The number of benzene rings is 1. The lowest BCUT2D eigenvalue weighted by Gasteiger charge is -2.06. The lowest BCUT2D eigenvalue weighted by Crippen LogP contribution is -2.02. The fraction of sp³-hybridized carbons (Fsp3) is 0.182. The van der Waals surface area contributed by atoms with E-state index in [0.29, 0.717) is 16.7 Å². The monoisotopic (exact) mass is 327 g/mol. The molecule has 2 rings (SSSR count). The van der Waals surface area contributed by atoms with Gasteiger partial charge in [0.25, 0.3) is 5.69 Å². The first-order valence-corrected chi connectivity index (χ1v) is 6.82. The van der Waals surface area contributed by atoms with Crippen LogP contribution in [0, 0.1) is 17.0 Å². The van der Waals surface area contributed by atoms with Crippen LogP contribution >= 0.6 is 27.3 Å². The molecule has 1 heterocycles. The Hall–Kier alpha value is -1.47. The summed E-state index contributed by atoms with van der Waals surface area (Å²) in [5.74, 6) is 0. The summed E-state index contributed by atoms with van der Waals surface area (Å²) in [6.07, 6.45) is 0. The van der Waals surface area contributed by atoms with Gasteiger partial charge in [-0.2, -0.15) is 0 Å². The van der Waals surface area contributed by atoms with Crippen LogP contribution in [0.3, 0.4) is 0 Å². The minimum Gasteiger partial charge on any atom is -0.375 e. The molecule has 0 aliphatic heterocycles. The number of hydrogen-bond acceptors (Lipinski definition) is 5. The average Bonchev–Trinajstić information content (AvgIpc) is 2.73. The maximum Gasteiger partial charge on any atom is 0.293 e. The van der Waals surface area contributed by atoms with E-state index in [9.17, 15) is 10.1 Å². The summed E-state index contributed by atoms with van der Waals surface area (Å²) >= 11 is 4.76. The van der Waals surface area contributed by atoms with Crippen molar-refractivity contribution in [3.8, 4) is 0 Å². The highest BCUT2D eigenvalue weighted by Crippen LogP contribution is 2.28. The molecule has 18 heavy (non-hydrogen) atoms. The van der Waals surface area contributed by atoms with Crippen molar-refractivity contribution in [1.29, 1.82) is 0 Å². The van der Waals surface area contributed by atoms with E-state index in [1.54, 1.807) is 17.6 Å². The number of nitrogens with zero attached hydrogens (tertiary/aromatic N) is 2. The lowest BCUT2D eigenvalue weighted by atomic mass is 10.2. The van der Waals surface area contributed by atoms with Crippen LogP contribution < -0.4 is 5.32 Å². The molecule has 1 aromatic carbocycles. The van der Waals surface area contributed by atoms with E-state index in [1.807, 2.05) is 6.92 Å². The predicted octanol–water partition coefficient (Wildman–Crippen LogP) is 3.73. The summed E-state index contributed by atoms with van der Waals surface area (Å²) in [5, 5.41) is 14.0. The highest BCUT2D eigenvalue weighted by Gasteiger charge is 2.14. The number of nitro benzene ring substituents is 1. The molecule has 0 radical (unpaired) electrons. The molecule has 0 unspecified atom stereocenters. The standard InChI is InChI=1S/C11H10BrN3O2S/c1-7-11(18-6-14-7)5-13-9-3-2-8(12)4-10(9)15(16)17/h2-4,6,13H,5H2,1H3. The van der Waals surface area contributed by atoms with Crippen molar-refractivity contribution in [2.75, 3.05) is 5.32 Å². The number of rotatable bonds is 4. The van der Waals surface area contributed by atoms with Crippen molar-refractivity contribution >= 4 is 38.6 Å². The molecular weight excluding hydrogens is 318 g/mol. The van der Waals surface area contributed by atoms with Gasteiger partial charge in [-0.25, -0.2) is 4.98 Å². The Morgan fingerprint density at radius 2 is 2.33 bits per heavy atom. The zero-order chi connectivity index (χ0) is 13.1. The summed E-state index contributed by atoms with van der Waals surface area (Å²) in [6.45, 7) is 2.46. The molecule has 7 heteroatoms. The Labute approximate surface area is 116 Å². The van der Waals surface area contributed by atoms with E-state index in [-0.39, 0.29) is 5.69 Å². The summed E-state index contributed by atoms with van der Waals surface area (Å²) in [6, 6.07) is 4.95. The van der Waals surface area contributed by atoms with Crippen LogP contribution in [0.25, 0.3) is 0 Å². The molecule has 0 spiro atoms. The number of nitro groups is 1. The second kappa shape index (κ2) is 5.45. The highest BCUT2D eigenvalue weighted by molar-refractivity contribution is 9.10. The Morgan fingerprint density at radius 3 is 2.94 bits per heavy atom. The third kappa shape index (κ3) is 2.85. The first-order valence-electron chi connectivity index (χ1n) is 5.14. The van der Waals surface area contributed by atoms with Gasteiger partial charge in [-0.1, -0.05) is 15.9 Å². The van der Waals surface area contributed by atoms with Crippen molar-refractivity contribution in [1.82, 2.24) is 4.98 Å². The Morgan fingerprint density at radius 1 is 1.56 bits per heavy atom. The van der Waals surface area contributed by atoms with E-state index >= 15 is 0 Å². The fourth-order valence-corrected chi connectivity index (χ4v) is 2.54. The molecular formula is C11H10BrN3O2S. The van der Waals surface area contributed by atoms with Crippen molar-refractivity contribution < 1.29 is 4.92 Å². The number of aromatic nitrogens is 1. The molecule has 0 aliphatic carbocycles. The average molecular weight is 328 g/mol. The normalized spacial score (nSPS) is 10.3. The van der Waals surface area contributed by atoms with Crippen LogP contribution in [0.4, 0.5) is 11.4 Å². The molecule has 0 saturated heterocycles. The summed E-state index contributed by atoms with van der Waals surface area (Å²) in [7, 11) is 0. The zero-order valence-electron chi connectivity index (χ0n) is 9.51. The minimum atomic E-state index is -0.396. The van der Waals surface area contributed by atoms with Gasteiger partial charge in [-0.05, 0) is 19.1 Å². The van der Waals surface area contributed by atoms with E-state index in [1.165, 1.54) is 17.4 Å². The molecule has 0 fully saturated rings. The molecule has 5 nitrogen and oxygen atoms in total. The molecule has 1 N–H and O–H groups in total. The van der Waals surface area contributed by atoms with E-state index in [2.05, 4.69) is 26.2 Å². The van der Waals surface area contributed by atoms with Gasteiger partial charge in [0.1, 0.15) is 5.69 Å². The zero-order valence-corrected chi connectivity index (χ0v) is 11.9. The molecule has 1 aromatic heterocycles. The second-order valence-corrected chi connectivity index (χ2v) is 5.49. The number of halogens is 1. The smallest absolute Gasteiger partial charge is 0.293 e. The molecule has 0 bridgehead atoms. The van der Waals surface area contributed by atoms with Crippen LogP contribution in [0.5, 0.6) is 0 Å². The van der Waals surface area contributed by atoms with E-state index in [4.69, 9.17) is 0 Å². The largest absolute Gasteiger partial charge is 0.375 e. The molecule has 2 aromatic rings. The van der Waals surface area contributed by atoms with E-state index < -0.39 is 4.92 Å². The minimum absolute atomic E-state index is 0.0616. The summed E-state index contributed by atoms with van der Waals surface area (Å²) in [4.78, 5) is 15.8. The SMILES string of the molecule is Cc1ncsc1CNc1ccc(Br)cc1[N+](=O)[O-]. The first-order chi connectivity index (χ1) is 8.58. The van der Waals surface area contributed by atoms with Crippen LogP contribution in [-0.2, 0) is 6.54 Å². The van der Waals surface area contributed by atoms with Gasteiger partial charge in [0.2, 0.25) is 0 Å². The molecule has 94 valence electrons. The number of aryl methyl sites for hydroxylation is 1. The van der Waals surface area contributed by atoms with Crippen molar-refractivity contribution in [3.63, 3.8) is 0 Å². The van der Waals surface area contributed by atoms with Gasteiger partial charge in [0.05, 0.1) is 22.7 Å². The quantitative estimate of drug-likeness (QED) is 0.686. The number of anilines is 1. The van der Waals surface area contributed by atoms with Gasteiger partial charge in [0.15, 0.2) is 0 Å². The molecule has 0 amide bonds. The highest BCUT2D eigenvalue weighted by atomic mass is 79.9. The number of nitrogens with one attached hydrogen (secondary N) is 1. The van der Waals surface area contributed by atoms with Gasteiger partial charge in [-0.3, -0.25) is 10.1 Å². The van der Waals surface area contributed by atoms with Crippen molar-refractivity contribution in [2.24, 2.45) is 0 Å². The van der Waals surface area contributed by atoms with Crippen LogP contribution in [0.2, 0.25) is 0 Å². The predicted molar refractivity (Wildman–Crippen MR) is 75.0 cm³/mol. The van der Waals surface area contributed by atoms with Crippen LogP contribution in [-0.4, -0.2) is 9.91 Å². The van der Waals surface area contributed by atoms with Crippen molar-refractivity contribution in [3.05, 3.63) is 48.9 Å². The third-order valence-corrected chi connectivity index (χ3v) is 3.87. The lowest BCUT2D eigenvalue weighted by molar-refractivity contribution is -0.384. The van der Waals surface area contributed by atoms with E-state index in [0.717, 1.165) is 10.6 Å². The Bertz CT molecular complexity index is 585. The summed E-state index contributed by atoms with van der Waals surface area (Å²) < 4.78 is 0.689. The maximum atomic E-state index is 10.9. The maximum absolute atomic E-state index is 10.9. The van der Waals surface area contributed by atoms with Crippen molar-refractivity contribution in [2.45, 2.75) is 13.5 Å². The molecule has 0 aliphatic rings. The second-order valence-electron chi connectivity index (χ2n) is 3.63. The number of thiazole rings is 1. The van der Waals surface area contributed by atoms with Gasteiger partial charge in [-0.15, -0.1) is 11.3 Å². The first kappa shape index (κ1) is 13.0. The number of hydrogen-bond donors (Lipinski definition) is 1. The Balaban J connectivity index is 2.19. The summed E-state index contributed by atoms with van der Waals surface area (Å²) in [5.41, 5.74) is 3.29. The van der Waals surface area contributed by atoms with Gasteiger partial charge >= 0.3 is 0 Å². The van der Waals surface area contributed by atoms with Crippen LogP contribution in [0.15, 0.2) is 28.2 Å².